The summed E-state index contributed by atoms with van der Waals surface area (Å²) in [6, 6.07) is 7.40. The molecule has 74 valence electrons. The number of rotatable bonds is 0. The summed E-state index contributed by atoms with van der Waals surface area (Å²) in [5, 5.41) is 9.55. The van der Waals surface area contributed by atoms with Gasteiger partial charge in [-0.05, 0) is 18.6 Å². The summed E-state index contributed by atoms with van der Waals surface area (Å²) in [4.78, 5) is 13.7. The Morgan fingerprint density at radius 1 is 1.43 bits per heavy atom. The van der Waals surface area contributed by atoms with Gasteiger partial charge in [0.15, 0.2) is 5.78 Å². The molecule has 1 atom stereocenters. The fourth-order valence-electron chi connectivity index (χ4n) is 1.76. The first-order valence-electron chi connectivity index (χ1n) is 4.72. The summed E-state index contributed by atoms with van der Waals surface area (Å²) in [5.41, 5.74) is 1.54. The Labute approximate surface area is 83.0 Å². The molecule has 1 aliphatic heterocycles. The van der Waals surface area contributed by atoms with E-state index in [2.05, 4.69) is 0 Å². The van der Waals surface area contributed by atoms with E-state index in [1.54, 1.807) is 6.07 Å². The Hall–Kier alpha value is -1.35. The Balaban J connectivity index is 2.51. The van der Waals surface area contributed by atoms with Crippen molar-refractivity contribution in [1.82, 2.24) is 0 Å². The highest BCUT2D eigenvalue weighted by atomic mass is 16.3. The van der Waals surface area contributed by atoms with Gasteiger partial charge in [0.2, 0.25) is 0 Å². The number of aliphatic hydroxyl groups is 1. The number of ketones is 1. The van der Waals surface area contributed by atoms with Gasteiger partial charge in [0.05, 0.1) is 0 Å². The summed E-state index contributed by atoms with van der Waals surface area (Å²) >= 11 is 0. The van der Waals surface area contributed by atoms with Crippen LogP contribution in [0.5, 0.6) is 0 Å². The van der Waals surface area contributed by atoms with Gasteiger partial charge in [-0.15, -0.1) is 0 Å². The second-order valence-corrected chi connectivity index (χ2v) is 3.61. The van der Waals surface area contributed by atoms with E-state index in [0.717, 1.165) is 5.69 Å². The van der Waals surface area contributed by atoms with Gasteiger partial charge in [-0.2, -0.15) is 0 Å². The van der Waals surface area contributed by atoms with E-state index >= 15 is 0 Å². The van der Waals surface area contributed by atoms with Gasteiger partial charge in [0.25, 0.3) is 0 Å². The Kier molecular flexibility index (Phi) is 2.25. The molecule has 0 spiro atoms. The minimum absolute atomic E-state index is 0.162. The molecule has 1 heterocycles. The molecule has 2 rings (SSSR count). The van der Waals surface area contributed by atoms with E-state index in [4.69, 9.17) is 0 Å². The van der Waals surface area contributed by atoms with E-state index in [1.807, 2.05) is 30.1 Å². The van der Waals surface area contributed by atoms with Gasteiger partial charge in [-0.3, -0.25) is 4.79 Å². The molecule has 0 saturated carbocycles. The van der Waals surface area contributed by atoms with Crippen molar-refractivity contribution in [1.29, 1.82) is 0 Å². The van der Waals surface area contributed by atoms with Crippen LogP contribution >= 0.6 is 0 Å². The normalized spacial score (nSPS) is 21.7. The maximum Gasteiger partial charge on any atom is 0.193 e. The molecule has 0 amide bonds. The molecule has 3 heteroatoms. The van der Waals surface area contributed by atoms with Crippen molar-refractivity contribution in [3.63, 3.8) is 0 Å². The molecule has 14 heavy (non-hydrogen) atoms. The third-order valence-corrected chi connectivity index (χ3v) is 2.62. The fourth-order valence-corrected chi connectivity index (χ4v) is 1.76. The van der Waals surface area contributed by atoms with Crippen LogP contribution < -0.4 is 4.90 Å². The van der Waals surface area contributed by atoms with Crippen molar-refractivity contribution in [3.8, 4) is 0 Å². The lowest BCUT2D eigenvalue weighted by molar-refractivity contribution is 0.0742. The molecule has 3 nitrogen and oxygen atoms in total. The fraction of sp³-hybridized carbons (Fsp3) is 0.364. The molecule has 1 aromatic rings. The van der Waals surface area contributed by atoms with E-state index in [-0.39, 0.29) is 5.78 Å². The molecule has 0 saturated heterocycles. The van der Waals surface area contributed by atoms with Crippen molar-refractivity contribution in [2.45, 2.75) is 12.5 Å². The van der Waals surface area contributed by atoms with E-state index < -0.39 is 6.10 Å². The summed E-state index contributed by atoms with van der Waals surface area (Å²) in [6.07, 6.45) is -0.342. The van der Waals surface area contributed by atoms with Crippen molar-refractivity contribution < 1.29 is 9.90 Å². The highest BCUT2D eigenvalue weighted by Gasteiger charge is 2.24. The number of aliphatic hydroxyl groups excluding tert-OH is 1. The molecule has 1 aromatic carbocycles. The number of fused-ring (bicyclic) bond motifs is 1. The van der Waals surface area contributed by atoms with Gasteiger partial charge in [-0.25, -0.2) is 0 Å². The smallest absolute Gasteiger partial charge is 0.193 e. The molecular weight excluding hydrogens is 178 g/mol. The first kappa shape index (κ1) is 9.21. The molecule has 0 radical (unpaired) electrons. The van der Waals surface area contributed by atoms with Crippen LogP contribution in [0, 0.1) is 0 Å². The topological polar surface area (TPSA) is 40.5 Å². The summed E-state index contributed by atoms with van der Waals surface area (Å²) in [5.74, 6) is -0.162. The maximum atomic E-state index is 11.7. The third kappa shape index (κ3) is 1.40. The monoisotopic (exact) mass is 191 g/mol. The molecule has 0 aromatic heterocycles. The number of Topliss-reactive ketones (excluding diaryl/α,β-unsaturated/α-hetero) is 1. The van der Waals surface area contributed by atoms with E-state index in [9.17, 15) is 9.90 Å². The highest BCUT2D eigenvalue weighted by molar-refractivity contribution is 6.04. The number of benzene rings is 1. The lowest BCUT2D eigenvalue weighted by atomic mass is 10.0. The van der Waals surface area contributed by atoms with E-state index in [0.29, 0.717) is 18.5 Å². The Morgan fingerprint density at radius 3 is 2.93 bits per heavy atom. The Morgan fingerprint density at radius 2 is 2.14 bits per heavy atom. The zero-order valence-corrected chi connectivity index (χ0v) is 8.10. The average Bonchev–Trinajstić information content (AvgIpc) is 2.33. The van der Waals surface area contributed by atoms with Gasteiger partial charge in [0.1, 0.15) is 6.10 Å². The largest absolute Gasteiger partial charge is 0.385 e. The lowest BCUT2D eigenvalue weighted by Gasteiger charge is -2.17. The quantitative estimate of drug-likeness (QED) is 0.667. The number of para-hydroxylation sites is 1. The van der Waals surface area contributed by atoms with Crippen molar-refractivity contribution in [2.75, 3.05) is 18.5 Å². The zero-order valence-electron chi connectivity index (χ0n) is 8.10. The van der Waals surface area contributed by atoms with Gasteiger partial charge in [0, 0.05) is 24.8 Å². The summed E-state index contributed by atoms with van der Waals surface area (Å²) < 4.78 is 0. The molecular formula is C11H13NO2. The second kappa shape index (κ2) is 3.42. The van der Waals surface area contributed by atoms with E-state index in [1.165, 1.54) is 0 Å². The van der Waals surface area contributed by atoms with Crippen molar-refractivity contribution >= 4 is 11.5 Å². The van der Waals surface area contributed by atoms with Crippen LogP contribution in [-0.4, -0.2) is 30.6 Å². The predicted molar refractivity (Wildman–Crippen MR) is 54.7 cm³/mol. The van der Waals surface area contributed by atoms with Crippen LogP contribution in [0.4, 0.5) is 5.69 Å². The number of carbonyl (C=O) groups excluding carboxylic acids is 1. The van der Waals surface area contributed by atoms with Crippen LogP contribution in [-0.2, 0) is 0 Å². The molecule has 1 aliphatic rings. The maximum absolute atomic E-state index is 11.7. The second-order valence-electron chi connectivity index (χ2n) is 3.61. The van der Waals surface area contributed by atoms with Crippen LogP contribution in [0.2, 0.25) is 0 Å². The standard InChI is InChI=1S/C11H13NO2/c1-12-7-6-10(13)11(14)8-4-2-3-5-9(8)12/h2-5,10,13H,6-7H2,1H3. The third-order valence-electron chi connectivity index (χ3n) is 2.62. The number of carbonyl (C=O) groups is 1. The van der Waals surface area contributed by atoms with Crippen molar-refractivity contribution in [3.05, 3.63) is 29.8 Å². The Bertz CT molecular complexity index is 362. The van der Waals surface area contributed by atoms with Crippen molar-refractivity contribution in [2.24, 2.45) is 0 Å². The van der Waals surface area contributed by atoms with Gasteiger partial charge in [-0.1, -0.05) is 12.1 Å². The molecule has 0 bridgehead atoms. The lowest BCUT2D eigenvalue weighted by Crippen LogP contribution is -2.21. The van der Waals surface area contributed by atoms with Gasteiger partial charge >= 0.3 is 0 Å². The van der Waals surface area contributed by atoms with Crippen LogP contribution in [0.1, 0.15) is 16.8 Å². The average molecular weight is 191 g/mol. The van der Waals surface area contributed by atoms with Crippen LogP contribution in [0.15, 0.2) is 24.3 Å². The van der Waals surface area contributed by atoms with Crippen LogP contribution in [0.25, 0.3) is 0 Å². The summed E-state index contributed by atoms with van der Waals surface area (Å²) in [7, 11) is 1.93. The zero-order chi connectivity index (χ0) is 10.1. The number of anilines is 1. The first-order chi connectivity index (χ1) is 6.70. The molecule has 0 fully saturated rings. The first-order valence-corrected chi connectivity index (χ1v) is 4.72. The number of hydrogen-bond acceptors (Lipinski definition) is 3. The summed E-state index contributed by atoms with van der Waals surface area (Å²) in [6.45, 7) is 0.712. The minimum Gasteiger partial charge on any atom is -0.385 e. The predicted octanol–water partition coefficient (Wildman–Crippen LogP) is 1.07. The molecule has 1 unspecified atom stereocenters. The van der Waals surface area contributed by atoms with Gasteiger partial charge < -0.3 is 10.0 Å². The SMILES string of the molecule is CN1CCC(O)C(=O)c2ccccc21. The molecule has 1 N–H and O–H groups in total. The molecule has 0 aliphatic carbocycles. The minimum atomic E-state index is -0.846. The van der Waals surface area contributed by atoms with Crippen LogP contribution in [0.3, 0.4) is 0 Å². The number of nitrogens with zero attached hydrogens (tertiary/aromatic N) is 1. The highest BCUT2D eigenvalue weighted by Crippen LogP contribution is 2.24. The number of hydrogen-bond donors (Lipinski definition) is 1.